The summed E-state index contributed by atoms with van der Waals surface area (Å²) in [5, 5.41) is 5.32. The Labute approximate surface area is 156 Å². The van der Waals surface area contributed by atoms with Crippen molar-refractivity contribution in [2.75, 3.05) is 7.05 Å². The minimum Gasteiger partial charge on any atom is -0.303 e. The molecule has 7 heteroatoms. The van der Waals surface area contributed by atoms with E-state index in [1.807, 2.05) is 42.9 Å². The summed E-state index contributed by atoms with van der Waals surface area (Å²) in [6.45, 7) is 1.21. The summed E-state index contributed by atoms with van der Waals surface area (Å²) in [7, 11) is 3.87. The molecule has 0 amide bonds. The fourth-order valence-electron chi connectivity index (χ4n) is 2.61. The normalized spacial score (nSPS) is 11.2. The maximum atomic E-state index is 13.0. The molecule has 0 saturated heterocycles. The first kappa shape index (κ1) is 17.8. The van der Waals surface area contributed by atoms with E-state index in [4.69, 9.17) is 23.8 Å². The fraction of sp³-hybridized carbons (Fsp3) is 0.222. The van der Waals surface area contributed by atoms with Gasteiger partial charge in [0.2, 0.25) is 0 Å². The highest BCUT2D eigenvalue weighted by molar-refractivity contribution is 7.71. The van der Waals surface area contributed by atoms with E-state index in [2.05, 4.69) is 10.00 Å². The Morgan fingerprint density at radius 2 is 1.76 bits per heavy atom. The second-order valence-corrected chi connectivity index (χ2v) is 6.76. The maximum absolute atomic E-state index is 13.0. The number of halogens is 2. The van der Waals surface area contributed by atoms with Gasteiger partial charge in [-0.25, -0.2) is 9.07 Å². The van der Waals surface area contributed by atoms with E-state index in [1.54, 1.807) is 16.8 Å². The molecule has 0 aliphatic carbocycles. The van der Waals surface area contributed by atoms with Crippen LogP contribution in [0.3, 0.4) is 0 Å². The number of benzene rings is 2. The van der Waals surface area contributed by atoms with Gasteiger partial charge in [0, 0.05) is 24.2 Å². The largest absolute Gasteiger partial charge is 0.303 e. The molecule has 0 spiro atoms. The number of hydrogen-bond donors (Lipinski definition) is 0. The van der Waals surface area contributed by atoms with E-state index in [-0.39, 0.29) is 5.82 Å². The summed E-state index contributed by atoms with van der Waals surface area (Å²) in [6, 6.07) is 14.0. The number of aromatic nitrogens is 3. The Morgan fingerprint density at radius 3 is 2.40 bits per heavy atom. The Balaban J connectivity index is 1.78. The molecule has 1 aromatic heterocycles. The van der Waals surface area contributed by atoms with E-state index in [9.17, 15) is 4.39 Å². The molecule has 0 N–H and O–H groups in total. The Morgan fingerprint density at radius 1 is 1.12 bits per heavy atom. The number of rotatable bonds is 5. The molecule has 0 aliphatic heterocycles. The van der Waals surface area contributed by atoms with Crippen molar-refractivity contribution in [3.05, 3.63) is 69.7 Å². The summed E-state index contributed by atoms with van der Waals surface area (Å²) in [5.41, 5.74) is 1.99. The lowest BCUT2D eigenvalue weighted by molar-refractivity contribution is 0.244. The Kier molecular flexibility index (Phi) is 5.32. The first-order chi connectivity index (χ1) is 11.9. The molecule has 0 bridgehead atoms. The van der Waals surface area contributed by atoms with Crippen LogP contribution in [0.5, 0.6) is 0 Å². The maximum Gasteiger partial charge on any atom is 0.199 e. The molecule has 3 rings (SSSR count). The summed E-state index contributed by atoms with van der Waals surface area (Å²) in [5.74, 6) is 0.558. The van der Waals surface area contributed by atoms with Crippen molar-refractivity contribution in [1.29, 1.82) is 0 Å². The van der Waals surface area contributed by atoms with Crippen LogP contribution in [0.25, 0.3) is 11.4 Å². The molecule has 2 aromatic carbocycles. The monoisotopic (exact) mass is 376 g/mol. The van der Waals surface area contributed by atoms with Gasteiger partial charge in [-0.3, -0.25) is 4.90 Å². The smallest absolute Gasteiger partial charge is 0.199 e. The number of nitrogens with zero attached hydrogens (tertiary/aromatic N) is 4. The Hall–Kier alpha value is -2.02. The molecule has 1 heterocycles. The van der Waals surface area contributed by atoms with Gasteiger partial charge in [-0.15, -0.1) is 0 Å². The van der Waals surface area contributed by atoms with Crippen molar-refractivity contribution < 1.29 is 4.39 Å². The minimum absolute atomic E-state index is 0.231. The van der Waals surface area contributed by atoms with Crippen molar-refractivity contribution in [2.45, 2.75) is 13.2 Å². The van der Waals surface area contributed by atoms with Crippen molar-refractivity contribution >= 4 is 23.8 Å². The van der Waals surface area contributed by atoms with E-state index in [0.29, 0.717) is 23.0 Å². The lowest BCUT2D eigenvalue weighted by Gasteiger charge is -2.16. The van der Waals surface area contributed by atoms with Gasteiger partial charge in [-0.2, -0.15) is 5.10 Å². The summed E-state index contributed by atoms with van der Waals surface area (Å²) < 4.78 is 17.3. The molecular formula is C18H18ClFN4S. The lowest BCUT2D eigenvalue weighted by atomic mass is 10.2. The minimum atomic E-state index is -0.231. The zero-order valence-corrected chi connectivity index (χ0v) is 15.6. The SMILES string of the molecule is CN(Cc1ccc(F)cc1)Cn1nc(-c2ccc(Cl)cc2)n(C)c1=S. The summed E-state index contributed by atoms with van der Waals surface area (Å²) in [6.07, 6.45) is 0. The van der Waals surface area contributed by atoms with Crippen LogP contribution in [-0.4, -0.2) is 26.3 Å². The third-order valence-electron chi connectivity index (χ3n) is 3.88. The average molecular weight is 377 g/mol. The van der Waals surface area contributed by atoms with Crippen molar-refractivity contribution in [2.24, 2.45) is 7.05 Å². The molecule has 0 fully saturated rings. The average Bonchev–Trinajstić information content (AvgIpc) is 2.86. The quantitative estimate of drug-likeness (QED) is 0.613. The van der Waals surface area contributed by atoms with Crippen LogP contribution in [0.4, 0.5) is 4.39 Å². The highest BCUT2D eigenvalue weighted by atomic mass is 35.5. The molecule has 0 aliphatic rings. The van der Waals surface area contributed by atoms with E-state index in [1.165, 1.54) is 12.1 Å². The molecule has 25 heavy (non-hydrogen) atoms. The van der Waals surface area contributed by atoms with Gasteiger partial charge in [-0.1, -0.05) is 23.7 Å². The predicted octanol–water partition coefficient (Wildman–Crippen LogP) is 4.50. The van der Waals surface area contributed by atoms with Crippen molar-refractivity contribution in [1.82, 2.24) is 19.2 Å². The standard InChI is InChI=1S/C18H18ClFN4S/c1-22(11-13-3-9-16(20)10-4-13)12-24-18(25)23(2)17(21-24)14-5-7-15(19)8-6-14/h3-10H,11-12H2,1-2H3. The van der Waals surface area contributed by atoms with Crippen LogP contribution in [0, 0.1) is 10.6 Å². The van der Waals surface area contributed by atoms with Gasteiger partial charge in [0.1, 0.15) is 5.82 Å². The molecule has 0 radical (unpaired) electrons. The van der Waals surface area contributed by atoms with Gasteiger partial charge >= 0.3 is 0 Å². The van der Waals surface area contributed by atoms with E-state index in [0.717, 1.165) is 17.0 Å². The van der Waals surface area contributed by atoms with Crippen LogP contribution in [0.1, 0.15) is 5.56 Å². The Bertz CT molecular complexity index is 916. The van der Waals surface area contributed by atoms with Crippen molar-refractivity contribution in [3.63, 3.8) is 0 Å². The third-order valence-corrected chi connectivity index (χ3v) is 4.62. The van der Waals surface area contributed by atoms with Gasteiger partial charge in [-0.05, 0) is 61.2 Å². The van der Waals surface area contributed by atoms with Crippen LogP contribution >= 0.6 is 23.8 Å². The van der Waals surface area contributed by atoms with Gasteiger partial charge in [0.05, 0.1) is 6.67 Å². The molecule has 3 aromatic rings. The zero-order chi connectivity index (χ0) is 18.0. The zero-order valence-electron chi connectivity index (χ0n) is 14.0. The first-order valence-corrected chi connectivity index (χ1v) is 8.55. The molecular weight excluding hydrogens is 359 g/mol. The van der Waals surface area contributed by atoms with Crippen molar-refractivity contribution in [3.8, 4) is 11.4 Å². The van der Waals surface area contributed by atoms with Crippen LogP contribution < -0.4 is 0 Å². The van der Waals surface area contributed by atoms with Gasteiger partial charge in [0.15, 0.2) is 10.6 Å². The molecule has 4 nitrogen and oxygen atoms in total. The number of hydrogen-bond acceptors (Lipinski definition) is 3. The summed E-state index contributed by atoms with van der Waals surface area (Å²) in [4.78, 5) is 2.07. The highest BCUT2D eigenvalue weighted by Crippen LogP contribution is 2.20. The fourth-order valence-corrected chi connectivity index (χ4v) is 2.92. The third kappa shape index (κ3) is 4.15. The van der Waals surface area contributed by atoms with E-state index < -0.39 is 0 Å². The van der Waals surface area contributed by atoms with Gasteiger partial charge in [0.25, 0.3) is 0 Å². The molecule has 130 valence electrons. The molecule has 0 atom stereocenters. The molecule has 0 unspecified atom stereocenters. The second kappa shape index (κ2) is 7.47. The van der Waals surface area contributed by atoms with Crippen LogP contribution in [-0.2, 0) is 20.3 Å². The van der Waals surface area contributed by atoms with E-state index >= 15 is 0 Å². The highest BCUT2D eigenvalue weighted by Gasteiger charge is 2.11. The first-order valence-electron chi connectivity index (χ1n) is 7.77. The lowest BCUT2D eigenvalue weighted by Crippen LogP contribution is -2.22. The van der Waals surface area contributed by atoms with Crippen LogP contribution in [0.2, 0.25) is 5.02 Å². The predicted molar refractivity (Wildman–Crippen MR) is 100 cm³/mol. The van der Waals surface area contributed by atoms with Crippen LogP contribution in [0.15, 0.2) is 48.5 Å². The van der Waals surface area contributed by atoms with Gasteiger partial charge < -0.3 is 4.57 Å². The second-order valence-electron chi connectivity index (χ2n) is 5.95. The topological polar surface area (TPSA) is 26.0 Å². The molecule has 0 saturated carbocycles. The summed E-state index contributed by atoms with van der Waals surface area (Å²) >= 11 is 11.4.